The largest absolute Gasteiger partial charge is 0.469 e. The molecule has 2 aliphatic heterocycles. The molecule has 1 N–H and O–H groups in total. The zero-order valence-electron chi connectivity index (χ0n) is 16.7. The summed E-state index contributed by atoms with van der Waals surface area (Å²) in [4.78, 5) is 33.1. The number of ether oxygens (including phenoxy) is 1. The van der Waals surface area contributed by atoms with Crippen molar-refractivity contribution in [2.75, 3.05) is 39.8 Å². The maximum atomic E-state index is 12.5. The molecule has 2 heterocycles. The Morgan fingerprint density at radius 3 is 2.65 bits per heavy atom. The molecule has 2 rings (SSSR count). The van der Waals surface area contributed by atoms with E-state index in [0.717, 1.165) is 38.4 Å². The number of nitrogens with one attached hydrogen (secondary N) is 1. The number of piperidine rings is 1. The van der Waals surface area contributed by atoms with Crippen LogP contribution >= 0.6 is 0 Å². The molecule has 0 aromatic heterocycles. The summed E-state index contributed by atoms with van der Waals surface area (Å²) >= 11 is 0. The van der Waals surface area contributed by atoms with Gasteiger partial charge < -0.3 is 19.9 Å². The molecule has 3 unspecified atom stereocenters. The molecule has 0 aromatic rings. The Hall–Kier alpha value is -1.79. The van der Waals surface area contributed by atoms with E-state index >= 15 is 0 Å². The van der Waals surface area contributed by atoms with Gasteiger partial charge >= 0.3 is 5.97 Å². The molecule has 26 heavy (non-hydrogen) atoms. The van der Waals surface area contributed by atoms with Crippen molar-refractivity contribution in [2.45, 2.75) is 52.5 Å². The second-order valence-corrected chi connectivity index (χ2v) is 7.43. The van der Waals surface area contributed by atoms with Crippen molar-refractivity contribution in [3.8, 4) is 0 Å². The molecule has 2 fully saturated rings. The van der Waals surface area contributed by atoms with Gasteiger partial charge in [0, 0.05) is 38.6 Å². The number of nitrogens with zero attached hydrogens (tertiary/aromatic N) is 3. The van der Waals surface area contributed by atoms with E-state index in [2.05, 4.69) is 29.1 Å². The molecule has 0 spiro atoms. The summed E-state index contributed by atoms with van der Waals surface area (Å²) in [7, 11) is 1.43. The van der Waals surface area contributed by atoms with E-state index in [1.165, 1.54) is 13.5 Å². The molecule has 7 nitrogen and oxygen atoms in total. The molecule has 0 bridgehead atoms. The Morgan fingerprint density at radius 2 is 2.00 bits per heavy atom. The van der Waals surface area contributed by atoms with Crippen LogP contribution in [0.2, 0.25) is 0 Å². The predicted molar refractivity (Wildman–Crippen MR) is 102 cm³/mol. The standard InChI is InChI=1S/C19H34N4O3/c1-5-20-19(22-12-14(2)16(13-22)18(25)26-4)21-10-9-17(24)23-11-7-6-8-15(23)3/h14-16H,5-13H2,1-4H3,(H,20,21). The Labute approximate surface area is 157 Å². The Bertz CT molecular complexity index is 523. The minimum absolute atomic E-state index is 0.125. The molecule has 7 heteroatoms. The lowest BCUT2D eigenvalue weighted by molar-refractivity contribution is -0.146. The minimum atomic E-state index is -0.162. The molecule has 0 aliphatic carbocycles. The van der Waals surface area contributed by atoms with Gasteiger partial charge in [0.2, 0.25) is 5.91 Å². The van der Waals surface area contributed by atoms with Gasteiger partial charge in [0.25, 0.3) is 0 Å². The topological polar surface area (TPSA) is 74.2 Å². The van der Waals surface area contributed by atoms with Gasteiger partial charge in [0.15, 0.2) is 5.96 Å². The van der Waals surface area contributed by atoms with Gasteiger partial charge in [-0.15, -0.1) is 0 Å². The van der Waals surface area contributed by atoms with Crippen molar-refractivity contribution < 1.29 is 14.3 Å². The summed E-state index contributed by atoms with van der Waals surface area (Å²) in [6.45, 7) is 9.68. The van der Waals surface area contributed by atoms with Crippen molar-refractivity contribution in [3.05, 3.63) is 0 Å². The molecule has 148 valence electrons. The van der Waals surface area contributed by atoms with Crippen LogP contribution in [0.5, 0.6) is 0 Å². The number of rotatable bonds is 5. The van der Waals surface area contributed by atoms with E-state index < -0.39 is 0 Å². The number of carbonyl (C=O) groups is 2. The summed E-state index contributed by atoms with van der Waals surface area (Å²) in [6.07, 6.45) is 3.84. The summed E-state index contributed by atoms with van der Waals surface area (Å²) < 4.78 is 4.91. The smallest absolute Gasteiger partial charge is 0.310 e. The lowest BCUT2D eigenvalue weighted by atomic mass is 9.99. The van der Waals surface area contributed by atoms with E-state index in [1.807, 2.05) is 11.8 Å². The first-order valence-electron chi connectivity index (χ1n) is 9.88. The number of amides is 1. The molecule has 0 saturated carbocycles. The molecule has 0 aromatic carbocycles. The third-order valence-electron chi connectivity index (χ3n) is 5.46. The normalized spacial score (nSPS) is 26.8. The second-order valence-electron chi connectivity index (χ2n) is 7.43. The van der Waals surface area contributed by atoms with Crippen molar-refractivity contribution in [1.29, 1.82) is 0 Å². The van der Waals surface area contributed by atoms with Crippen LogP contribution < -0.4 is 5.32 Å². The van der Waals surface area contributed by atoms with E-state index in [1.54, 1.807) is 0 Å². The molecule has 2 aliphatic rings. The highest BCUT2D eigenvalue weighted by Gasteiger charge is 2.36. The van der Waals surface area contributed by atoms with E-state index in [9.17, 15) is 9.59 Å². The summed E-state index contributed by atoms with van der Waals surface area (Å²) in [5.74, 6) is 0.913. The lowest BCUT2D eigenvalue weighted by Gasteiger charge is -2.33. The highest BCUT2D eigenvalue weighted by molar-refractivity contribution is 5.83. The fourth-order valence-corrected chi connectivity index (χ4v) is 3.89. The lowest BCUT2D eigenvalue weighted by Crippen LogP contribution is -2.43. The first-order chi connectivity index (χ1) is 12.5. The van der Waals surface area contributed by atoms with E-state index in [-0.39, 0.29) is 23.7 Å². The first-order valence-corrected chi connectivity index (χ1v) is 9.88. The van der Waals surface area contributed by atoms with Crippen LogP contribution in [0.4, 0.5) is 0 Å². The minimum Gasteiger partial charge on any atom is -0.469 e. The van der Waals surface area contributed by atoms with Crippen molar-refractivity contribution >= 4 is 17.8 Å². The van der Waals surface area contributed by atoms with E-state index in [4.69, 9.17) is 4.74 Å². The van der Waals surface area contributed by atoms with Crippen LogP contribution in [0, 0.1) is 11.8 Å². The molecule has 0 radical (unpaired) electrons. The van der Waals surface area contributed by atoms with Crippen molar-refractivity contribution in [2.24, 2.45) is 16.8 Å². The number of aliphatic imine (C=N–C) groups is 1. The molecule has 2 saturated heterocycles. The van der Waals surface area contributed by atoms with Gasteiger partial charge in [0.05, 0.1) is 19.6 Å². The SMILES string of the molecule is CCNC(=NCCC(=O)N1CCCCC1C)N1CC(C)C(C(=O)OC)C1. The quantitative estimate of drug-likeness (QED) is 0.453. The predicted octanol–water partition coefficient (Wildman–Crippen LogP) is 1.48. The molecule has 1 amide bonds. The number of methoxy groups -OCH3 is 1. The van der Waals surface area contributed by atoms with Crippen LogP contribution in [0.1, 0.15) is 46.5 Å². The zero-order chi connectivity index (χ0) is 19.1. The second kappa shape index (κ2) is 9.78. The molecular weight excluding hydrogens is 332 g/mol. The van der Waals surface area contributed by atoms with Gasteiger partial charge in [0.1, 0.15) is 0 Å². The first kappa shape index (κ1) is 20.5. The van der Waals surface area contributed by atoms with Gasteiger partial charge in [-0.1, -0.05) is 6.92 Å². The average molecular weight is 367 g/mol. The van der Waals surface area contributed by atoms with Crippen molar-refractivity contribution in [1.82, 2.24) is 15.1 Å². The van der Waals surface area contributed by atoms with Crippen LogP contribution in [-0.4, -0.2) is 73.5 Å². The number of esters is 1. The number of likely N-dealkylation sites (tertiary alicyclic amines) is 2. The number of hydrogen-bond donors (Lipinski definition) is 1. The monoisotopic (exact) mass is 366 g/mol. The summed E-state index contributed by atoms with van der Waals surface area (Å²) in [5.41, 5.74) is 0. The summed E-state index contributed by atoms with van der Waals surface area (Å²) in [5, 5.41) is 3.28. The Morgan fingerprint density at radius 1 is 1.23 bits per heavy atom. The zero-order valence-corrected chi connectivity index (χ0v) is 16.7. The molecule has 3 atom stereocenters. The van der Waals surface area contributed by atoms with Crippen LogP contribution in [0.15, 0.2) is 4.99 Å². The maximum absolute atomic E-state index is 12.5. The summed E-state index contributed by atoms with van der Waals surface area (Å²) in [6, 6.07) is 0.341. The van der Waals surface area contributed by atoms with Gasteiger partial charge in [-0.2, -0.15) is 0 Å². The number of guanidine groups is 1. The maximum Gasteiger partial charge on any atom is 0.310 e. The van der Waals surface area contributed by atoms with Gasteiger partial charge in [-0.25, -0.2) is 0 Å². The Balaban J connectivity index is 1.92. The van der Waals surface area contributed by atoms with Crippen molar-refractivity contribution in [3.63, 3.8) is 0 Å². The van der Waals surface area contributed by atoms with Crippen LogP contribution in [0.25, 0.3) is 0 Å². The third kappa shape index (κ3) is 5.11. The Kier molecular flexibility index (Phi) is 7.72. The van der Waals surface area contributed by atoms with E-state index in [0.29, 0.717) is 25.6 Å². The van der Waals surface area contributed by atoms with Gasteiger partial charge in [-0.05, 0) is 39.0 Å². The highest BCUT2D eigenvalue weighted by atomic mass is 16.5. The third-order valence-corrected chi connectivity index (χ3v) is 5.46. The number of carbonyl (C=O) groups excluding carboxylic acids is 2. The van der Waals surface area contributed by atoms with Gasteiger partial charge in [-0.3, -0.25) is 14.6 Å². The fourth-order valence-electron chi connectivity index (χ4n) is 3.89. The van der Waals surface area contributed by atoms with Crippen LogP contribution in [0.3, 0.4) is 0 Å². The highest BCUT2D eigenvalue weighted by Crippen LogP contribution is 2.24. The number of hydrogen-bond acceptors (Lipinski definition) is 4. The van der Waals surface area contributed by atoms with Crippen LogP contribution in [-0.2, 0) is 14.3 Å². The average Bonchev–Trinajstić information content (AvgIpc) is 3.02. The fraction of sp³-hybridized carbons (Fsp3) is 0.842. The molecular formula is C19H34N4O3.